The van der Waals surface area contributed by atoms with Crippen LogP contribution < -0.4 is 4.90 Å². The number of fused-ring (bicyclic) bond motifs is 4. The van der Waals surface area contributed by atoms with E-state index >= 15 is 0 Å². The van der Waals surface area contributed by atoms with Gasteiger partial charge in [0.1, 0.15) is 0 Å². The predicted molar refractivity (Wildman–Crippen MR) is 264 cm³/mol. The summed E-state index contributed by atoms with van der Waals surface area (Å²) in [6.45, 7) is 4.44. The van der Waals surface area contributed by atoms with Gasteiger partial charge in [-0.05, 0) is 141 Å². The molecule has 11 rings (SSSR count). The summed E-state index contributed by atoms with van der Waals surface area (Å²) in [6.07, 6.45) is 0. The second kappa shape index (κ2) is 15.6. The van der Waals surface area contributed by atoms with Crippen LogP contribution >= 0.6 is 0 Å². The number of aryl methyl sites for hydroxylation is 2. The number of hydrogen-bond acceptors (Lipinski definition) is 1. The highest BCUT2D eigenvalue weighted by atomic mass is 15.1. The van der Waals surface area contributed by atoms with Crippen molar-refractivity contribution in [2.75, 3.05) is 4.90 Å². The van der Waals surface area contributed by atoms with Gasteiger partial charge in [-0.3, -0.25) is 0 Å². The van der Waals surface area contributed by atoms with E-state index in [9.17, 15) is 0 Å². The van der Waals surface area contributed by atoms with Gasteiger partial charge in [-0.15, -0.1) is 0 Å². The molecule has 11 aromatic rings. The van der Waals surface area contributed by atoms with E-state index in [0.717, 1.165) is 28.3 Å². The van der Waals surface area contributed by atoms with Crippen LogP contribution in [0.15, 0.2) is 231 Å². The van der Waals surface area contributed by atoms with Crippen molar-refractivity contribution in [2.45, 2.75) is 13.8 Å². The molecule has 0 saturated carbocycles. The molecule has 2 heteroatoms. The smallest absolute Gasteiger partial charge is 0.0562 e. The maximum Gasteiger partial charge on any atom is 0.0562 e. The molecule has 0 fully saturated rings. The lowest BCUT2D eigenvalue weighted by molar-refractivity contribution is 1.17. The first-order valence-corrected chi connectivity index (χ1v) is 21.4. The fraction of sp³-hybridized carbons (Fsp3) is 0.0333. The molecule has 0 saturated heterocycles. The summed E-state index contributed by atoms with van der Waals surface area (Å²) in [5.41, 5.74) is 18.9. The van der Waals surface area contributed by atoms with Gasteiger partial charge in [0, 0.05) is 33.4 Å². The topological polar surface area (TPSA) is 8.17 Å². The van der Waals surface area contributed by atoms with Gasteiger partial charge in [-0.25, -0.2) is 0 Å². The Morgan fingerprint density at radius 1 is 0.355 bits per heavy atom. The summed E-state index contributed by atoms with van der Waals surface area (Å²) in [6, 6.07) is 84.1. The maximum atomic E-state index is 2.46. The Kier molecular flexibility index (Phi) is 9.32. The van der Waals surface area contributed by atoms with Crippen LogP contribution in [0.3, 0.4) is 0 Å². The molecule has 0 unspecified atom stereocenters. The zero-order valence-corrected chi connectivity index (χ0v) is 34.8. The molecule has 10 aromatic carbocycles. The SMILES string of the molecule is Cc1cc(C)c2c3ccc(N(c4ccc(-c5cc(-c6ccccc6)cc(-c6ccccc6)c5)cc4)c4ccc5ccccc5c4-c4ccccc4)cc3n(-c3ccccc3)c2c1. The first-order valence-electron chi connectivity index (χ1n) is 21.4. The first kappa shape index (κ1) is 37.1. The summed E-state index contributed by atoms with van der Waals surface area (Å²) in [4.78, 5) is 2.46. The third kappa shape index (κ3) is 6.63. The summed E-state index contributed by atoms with van der Waals surface area (Å²) >= 11 is 0. The van der Waals surface area contributed by atoms with Crippen molar-refractivity contribution in [3.05, 3.63) is 242 Å². The van der Waals surface area contributed by atoms with Gasteiger partial charge >= 0.3 is 0 Å². The van der Waals surface area contributed by atoms with Gasteiger partial charge in [-0.1, -0.05) is 164 Å². The number of rotatable bonds is 8. The number of nitrogens with zero attached hydrogens (tertiary/aromatic N) is 2. The van der Waals surface area contributed by atoms with Crippen molar-refractivity contribution in [3.8, 4) is 50.2 Å². The van der Waals surface area contributed by atoms with E-state index in [1.165, 1.54) is 82.6 Å². The van der Waals surface area contributed by atoms with Crippen LogP contribution in [0.5, 0.6) is 0 Å². The average molecular weight is 793 g/mol. The minimum atomic E-state index is 1.08. The second-order valence-electron chi connectivity index (χ2n) is 16.3. The van der Waals surface area contributed by atoms with Crippen molar-refractivity contribution in [1.29, 1.82) is 0 Å². The normalized spacial score (nSPS) is 11.4. The van der Waals surface area contributed by atoms with Crippen molar-refractivity contribution in [1.82, 2.24) is 4.57 Å². The standard InChI is InChI=1S/C60H44N2/c1-41-35-42(2)59-55-33-32-53(40-57(55)62(58(59)36-41)51-24-13-6-14-25-51)61(56-34-29-46-21-15-16-26-54(46)60(56)47-22-11-5-12-23-47)52-30-27-45(28-31-52)50-38-48(43-17-7-3-8-18-43)37-49(39-50)44-19-9-4-10-20-44/h3-40H,1-2H3. The van der Waals surface area contributed by atoms with Gasteiger partial charge in [0.05, 0.1) is 16.7 Å². The molecule has 0 radical (unpaired) electrons. The molecule has 1 aromatic heterocycles. The average Bonchev–Trinajstić information content (AvgIpc) is 3.66. The molecule has 0 aliphatic carbocycles. The fourth-order valence-corrected chi connectivity index (χ4v) is 9.49. The Labute approximate surface area is 363 Å². The molecule has 0 spiro atoms. The Hall–Kier alpha value is -7.94. The number of anilines is 3. The first-order chi connectivity index (χ1) is 30.6. The highest BCUT2D eigenvalue weighted by molar-refractivity contribution is 6.13. The highest BCUT2D eigenvalue weighted by Crippen LogP contribution is 2.46. The summed E-state index contributed by atoms with van der Waals surface area (Å²) in [5, 5.41) is 4.97. The van der Waals surface area contributed by atoms with Gasteiger partial charge in [0.25, 0.3) is 0 Å². The zero-order valence-electron chi connectivity index (χ0n) is 34.8. The van der Waals surface area contributed by atoms with Crippen molar-refractivity contribution >= 4 is 49.6 Å². The minimum Gasteiger partial charge on any atom is -0.310 e. The quantitative estimate of drug-likeness (QED) is 0.149. The molecule has 2 nitrogen and oxygen atoms in total. The minimum absolute atomic E-state index is 1.08. The molecule has 0 N–H and O–H groups in total. The lowest BCUT2D eigenvalue weighted by Crippen LogP contribution is -2.11. The Morgan fingerprint density at radius 2 is 0.887 bits per heavy atom. The molecule has 1 heterocycles. The van der Waals surface area contributed by atoms with E-state index in [1.54, 1.807) is 0 Å². The molecule has 0 amide bonds. The van der Waals surface area contributed by atoms with E-state index in [-0.39, 0.29) is 0 Å². The van der Waals surface area contributed by atoms with E-state index in [0.29, 0.717) is 0 Å². The second-order valence-corrected chi connectivity index (χ2v) is 16.3. The third-order valence-electron chi connectivity index (χ3n) is 12.3. The molecule has 0 aliphatic rings. The van der Waals surface area contributed by atoms with E-state index in [1.807, 2.05) is 0 Å². The predicted octanol–water partition coefficient (Wildman–Crippen LogP) is 16.7. The number of aromatic nitrogens is 1. The van der Waals surface area contributed by atoms with E-state index in [4.69, 9.17) is 0 Å². The molecule has 0 atom stereocenters. The summed E-state index contributed by atoms with van der Waals surface area (Å²) in [7, 11) is 0. The summed E-state index contributed by atoms with van der Waals surface area (Å²) in [5.74, 6) is 0. The lowest BCUT2D eigenvalue weighted by atomic mass is 9.93. The molecule has 294 valence electrons. The molecular weight excluding hydrogens is 749 g/mol. The van der Waals surface area contributed by atoms with Crippen molar-refractivity contribution in [3.63, 3.8) is 0 Å². The maximum absolute atomic E-state index is 2.46. The molecular formula is C60H44N2. The van der Waals surface area contributed by atoms with E-state index < -0.39 is 0 Å². The van der Waals surface area contributed by atoms with Crippen LogP contribution in [0.1, 0.15) is 11.1 Å². The van der Waals surface area contributed by atoms with Gasteiger partial charge in [0.15, 0.2) is 0 Å². The van der Waals surface area contributed by atoms with Gasteiger partial charge in [0.2, 0.25) is 0 Å². The third-order valence-corrected chi connectivity index (χ3v) is 12.3. The van der Waals surface area contributed by atoms with Crippen LogP contribution in [0.2, 0.25) is 0 Å². The Balaban J connectivity index is 1.14. The highest BCUT2D eigenvalue weighted by Gasteiger charge is 2.22. The number of para-hydroxylation sites is 1. The fourth-order valence-electron chi connectivity index (χ4n) is 9.49. The van der Waals surface area contributed by atoms with Crippen LogP contribution in [-0.2, 0) is 0 Å². The molecule has 0 bridgehead atoms. The lowest BCUT2D eigenvalue weighted by Gasteiger charge is -2.29. The van der Waals surface area contributed by atoms with Gasteiger partial charge in [-0.2, -0.15) is 0 Å². The van der Waals surface area contributed by atoms with Crippen molar-refractivity contribution in [2.24, 2.45) is 0 Å². The monoisotopic (exact) mass is 792 g/mol. The molecule has 0 aliphatic heterocycles. The van der Waals surface area contributed by atoms with Crippen LogP contribution in [-0.4, -0.2) is 4.57 Å². The van der Waals surface area contributed by atoms with Crippen LogP contribution in [0.25, 0.3) is 82.8 Å². The van der Waals surface area contributed by atoms with Crippen LogP contribution in [0, 0.1) is 13.8 Å². The van der Waals surface area contributed by atoms with Gasteiger partial charge < -0.3 is 9.47 Å². The number of benzene rings is 10. The number of hydrogen-bond donors (Lipinski definition) is 0. The van der Waals surface area contributed by atoms with Crippen LogP contribution in [0.4, 0.5) is 17.1 Å². The summed E-state index contributed by atoms with van der Waals surface area (Å²) < 4.78 is 2.44. The van der Waals surface area contributed by atoms with E-state index in [2.05, 4.69) is 254 Å². The largest absolute Gasteiger partial charge is 0.310 e. The van der Waals surface area contributed by atoms with Crippen molar-refractivity contribution < 1.29 is 0 Å². The Morgan fingerprint density at radius 3 is 1.52 bits per heavy atom. The molecule has 62 heavy (non-hydrogen) atoms. The zero-order chi connectivity index (χ0) is 41.6. The Bertz CT molecular complexity index is 3330.